The Bertz CT molecular complexity index is 1380. The van der Waals surface area contributed by atoms with Crippen LogP contribution >= 0.6 is 0 Å². The molecule has 0 spiro atoms. The number of pyridine rings is 1. The van der Waals surface area contributed by atoms with Crippen LogP contribution in [0.3, 0.4) is 0 Å². The highest BCUT2D eigenvalue weighted by Crippen LogP contribution is 2.29. The van der Waals surface area contributed by atoms with Gasteiger partial charge >= 0.3 is 0 Å². The third-order valence-corrected chi connectivity index (χ3v) is 7.13. The Balaban J connectivity index is 1.78. The van der Waals surface area contributed by atoms with Crippen molar-refractivity contribution in [2.24, 2.45) is 5.73 Å². The van der Waals surface area contributed by atoms with Gasteiger partial charge in [-0.15, -0.1) is 0 Å². The summed E-state index contributed by atoms with van der Waals surface area (Å²) in [4.78, 5) is 9.13. The average molecular weight is 443 g/mol. The lowest BCUT2D eigenvalue weighted by atomic mass is 10.1. The summed E-state index contributed by atoms with van der Waals surface area (Å²) >= 11 is 0. The van der Waals surface area contributed by atoms with Gasteiger partial charge in [-0.05, 0) is 37.1 Å². The summed E-state index contributed by atoms with van der Waals surface area (Å²) in [7, 11) is -3.07. The third kappa shape index (κ3) is 4.08. The number of hydrogen-bond donors (Lipinski definition) is 2. The van der Waals surface area contributed by atoms with Gasteiger partial charge in [-0.1, -0.05) is 6.92 Å². The highest BCUT2D eigenvalue weighted by atomic mass is 32.2. The minimum atomic E-state index is -3.07. The summed E-state index contributed by atoms with van der Waals surface area (Å²) in [6, 6.07) is 6.23. The fourth-order valence-electron chi connectivity index (χ4n) is 3.58. The van der Waals surface area contributed by atoms with Crippen molar-refractivity contribution in [3.8, 4) is 11.1 Å². The highest BCUT2D eigenvalue weighted by Gasteiger charge is 2.18. The van der Waals surface area contributed by atoms with E-state index < -0.39 is 9.84 Å². The molecule has 0 aliphatic heterocycles. The van der Waals surface area contributed by atoms with Crippen LogP contribution in [-0.2, 0) is 22.8 Å². The van der Waals surface area contributed by atoms with Crippen LogP contribution in [0, 0.1) is 5.82 Å². The predicted octanol–water partition coefficient (Wildman–Crippen LogP) is 2.49. The second-order valence-corrected chi connectivity index (χ2v) is 9.79. The maximum absolute atomic E-state index is 13.7. The van der Waals surface area contributed by atoms with Gasteiger partial charge in [0.15, 0.2) is 5.65 Å². The van der Waals surface area contributed by atoms with E-state index in [-0.39, 0.29) is 23.9 Å². The van der Waals surface area contributed by atoms with Gasteiger partial charge in [0.05, 0.1) is 23.2 Å². The summed E-state index contributed by atoms with van der Waals surface area (Å²) in [5.41, 5.74) is 16.1. The number of anilines is 1. The standard InChI is InChI=1S/C21H23FN6O2S/c1-2-31(29,30)7-3-4-19-16(10-23)20(24)28-21(27-19)17(12-26-28)14-8-13-9-15(22)5-6-18(13)25-11-14/h5-6,8-9,11-12H,2-4,7,10,23-24H2,1H3. The molecule has 0 atom stereocenters. The van der Waals surface area contributed by atoms with Crippen molar-refractivity contribution in [1.29, 1.82) is 0 Å². The van der Waals surface area contributed by atoms with Crippen molar-refractivity contribution < 1.29 is 12.8 Å². The maximum atomic E-state index is 13.7. The molecule has 1 aromatic carbocycles. The van der Waals surface area contributed by atoms with Crippen LogP contribution < -0.4 is 11.5 Å². The molecular formula is C21H23FN6O2S. The molecule has 0 aliphatic rings. The van der Waals surface area contributed by atoms with Gasteiger partial charge < -0.3 is 11.5 Å². The number of halogens is 1. The largest absolute Gasteiger partial charge is 0.383 e. The molecule has 4 N–H and O–H groups in total. The molecule has 0 saturated carbocycles. The molecule has 31 heavy (non-hydrogen) atoms. The van der Waals surface area contributed by atoms with Crippen molar-refractivity contribution in [3.63, 3.8) is 0 Å². The van der Waals surface area contributed by atoms with Gasteiger partial charge in [0.25, 0.3) is 0 Å². The van der Waals surface area contributed by atoms with E-state index in [1.807, 2.05) is 6.07 Å². The molecule has 4 rings (SSSR count). The van der Waals surface area contributed by atoms with Gasteiger partial charge in [0.1, 0.15) is 21.5 Å². The van der Waals surface area contributed by atoms with Crippen molar-refractivity contribution in [1.82, 2.24) is 19.6 Å². The fraction of sp³-hybridized carbons (Fsp3) is 0.286. The Kier molecular flexibility index (Phi) is 5.59. The monoisotopic (exact) mass is 442 g/mol. The fourth-order valence-corrected chi connectivity index (χ4v) is 4.46. The highest BCUT2D eigenvalue weighted by molar-refractivity contribution is 7.91. The van der Waals surface area contributed by atoms with Gasteiger partial charge in [0.2, 0.25) is 0 Å². The summed E-state index contributed by atoms with van der Waals surface area (Å²) in [6.45, 7) is 1.79. The van der Waals surface area contributed by atoms with Crippen LogP contribution in [0.15, 0.2) is 36.7 Å². The number of benzene rings is 1. The first-order valence-corrected chi connectivity index (χ1v) is 11.8. The molecule has 4 aromatic rings. The lowest BCUT2D eigenvalue weighted by Gasteiger charge is -2.12. The molecule has 0 saturated heterocycles. The number of sulfone groups is 1. The van der Waals surface area contributed by atoms with Gasteiger partial charge in [-0.3, -0.25) is 4.98 Å². The van der Waals surface area contributed by atoms with Crippen LogP contribution in [0.4, 0.5) is 10.2 Å². The number of rotatable bonds is 7. The van der Waals surface area contributed by atoms with E-state index in [1.165, 1.54) is 16.6 Å². The average Bonchev–Trinajstić information content (AvgIpc) is 3.17. The van der Waals surface area contributed by atoms with Gasteiger partial charge in [-0.25, -0.2) is 17.8 Å². The summed E-state index contributed by atoms with van der Waals surface area (Å²) in [5, 5.41) is 5.01. The molecule has 0 bridgehead atoms. The van der Waals surface area contributed by atoms with Crippen molar-refractivity contribution in [2.75, 3.05) is 17.2 Å². The quantitative estimate of drug-likeness (QED) is 0.450. The Morgan fingerprint density at radius 3 is 2.74 bits per heavy atom. The molecule has 0 unspecified atom stereocenters. The molecule has 0 aliphatic carbocycles. The van der Waals surface area contributed by atoms with Crippen LogP contribution in [0.25, 0.3) is 27.7 Å². The minimum absolute atomic E-state index is 0.0759. The SMILES string of the molecule is CCS(=O)(=O)CCCc1nc2c(-c3cnc4ccc(F)cc4c3)cnn2c(N)c1CN. The molecule has 0 radical (unpaired) electrons. The lowest BCUT2D eigenvalue weighted by Crippen LogP contribution is -2.15. The smallest absolute Gasteiger partial charge is 0.165 e. The number of aromatic nitrogens is 4. The minimum Gasteiger partial charge on any atom is -0.383 e. The molecular weight excluding hydrogens is 419 g/mol. The Morgan fingerprint density at radius 1 is 1.19 bits per heavy atom. The Morgan fingerprint density at radius 2 is 2.00 bits per heavy atom. The molecule has 162 valence electrons. The lowest BCUT2D eigenvalue weighted by molar-refractivity contribution is 0.594. The molecule has 0 fully saturated rings. The predicted molar refractivity (Wildman–Crippen MR) is 119 cm³/mol. The topological polar surface area (TPSA) is 129 Å². The first kappa shape index (κ1) is 21.1. The van der Waals surface area contributed by atoms with Crippen molar-refractivity contribution in [3.05, 3.63) is 53.7 Å². The summed E-state index contributed by atoms with van der Waals surface area (Å²) < 4.78 is 38.8. The number of fused-ring (bicyclic) bond motifs is 2. The number of aryl methyl sites for hydroxylation is 1. The first-order chi connectivity index (χ1) is 14.8. The molecule has 0 amide bonds. The van der Waals surface area contributed by atoms with E-state index in [1.54, 1.807) is 25.4 Å². The zero-order chi connectivity index (χ0) is 22.2. The van der Waals surface area contributed by atoms with Gasteiger partial charge in [0, 0.05) is 40.6 Å². The second-order valence-electron chi connectivity index (χ2n) is 7.32. The van der Waals surface area contributed by atoms with E-state index in [2.05, 4.69) is 10.1 Å². The summed E-state index contributed by atoms with van der Waals surface area (Å²) in [5.74, 6) is 0.206. The summed E-state index contributed by atoms with van der Waals surface area (Å²) in [6.07, 6.45) is 4.16. The number of nitrogens with zero attached hydrogens (tertiary/aromatic N) is 4. The van der Waals surface area contributed by atoms with Crippen molar-refractivity contribution >= 4 is 32.2 Å². The molecule has 3 heterocycles. The normalized spacial score (nSPS) is 12.1. The Labute approximate surface area is 179 Å². The molecule has 10 heteroatoms. The van der Waals surface area contributed by atoms with E-state index >= 15 is 0 Å². The zero-order valence-electron chi connectivity index (χ0n) is 17.0. The molecule has 8 nitrogen and oxygen atoms in total. The Hall–Kier alpha value is -3.11. The number of nitrogens with two attached hydrogens (primary N) is 2. The van der Waals surface area contributed by atoms with Crippen LogP contribution in [0.5, 0.6) is 0 Å². The number of nitrogen functional groups attached to an aromatic ring is 1. The van der Waals surface area contributed by atoms with E-state index in [4.69, 9.17) is 16.5 Å². The van der Waals surface area contributed by atoms with Crippen molar-refractivity contribution in [2.45, 2.75) is 26.3 Å². The third-order valence-electron chi connectivity index (χ3n) is 5.34. The van der Waals surface area contributed by atoms with E-state index in [0.717, 1.165) is 5.56 Å². The second kappa shape index (κ2) is 8.20. The van der Waals surface area contributed by atoms with Crippen LogP contribution in [0.1, 0.15) is 24.6 Å². The first-order valence-electron chi connectivity index (χ1n) is 9.94. The van der Waals surface area contributed by atoms with E-state index in [0.29, 0.717) is 52.0 Å². The number of hydrogen-bond acceptors (Lipinski definition) is 7. The van der Waals surface area contributed by atoms with E-state index in [9.17, 15) is 12.8 Å². The molecule has 3 aromatic heterocycles. The van der Waals surface area contributed by atoms with Crippen LogP contribution in [-0.4, -0.2) is 39.5 Å². The van der Waals surface area contributed by atoms with Crippen LogP contribution in [0.2, 0.25) is 0 Å². The van der Waals surface area contributed by atoms with Gasteiger partial charge in [-0.2, -0.15) is 9.61 Å². The zero-order valence-corrected chi connectivity index (χ0v) is 17.9. The maximum Gasteiger partial charge on any atom is 0.165 e.